The van der Waals surface area contributed by atoms with Crippen LogP contribution in [0.4, 0.5) is 0 Å². The van der Waals surface area contributed by atoms with E-state index in [2.05, 4.69) is 63.7 Å². The minimum absolute atomic E-state index is 0.204. The first-order valence-electron chi connectivity index (χ1n) is 5.76. The Hall–Kier alpha value is -0.0400. The van der Waals surface area contributed by atoms with E-state index in [4.69, 9.17) is 4.74 Å². The summed E-state index contributed by atoms with van der Waals surface area (Å²) < 4.78 is 9.08. The third-order valence-corrected chi connectivity index (χ3v) is 7.42. The van der Waals surface area contributed by atoms with Gasteiger partial charge in [-0.05, 0) is 76.7 Å². The first kappa shape index (κ1) is 16.3. The molecule has 0 aromatic heterocycles. The lowest BCUT2D eigenvalue weighted by Gasteiger charge is -2.18. The molecule has 0 aliphatic heterocycles. The SMILES string of the molecule is CCOc1c(Br)c(Br)c(Br)c(Br)c1-c1ccccc1O. The molecule has 0 radical (unpaired) electrons. The smallest absolute Gasteiger partial charge is 0.143 e. The lowest BCUT2D eigenvalue weighted by Crippen LogP contribution is -1.98. The van der Waals surface area contributed by atoms with Gasteiger partial charge in [-0.1, -0.05) is 18.2 Å². The van der Waals surface area contributed by atoms with Crippen LogP contribution < -0.4 is 4.74 Å². The molecule has 0 bridgehead atoms. The second-order valence-corrected chi connectivity index (χ2v) is 7.08. The summed E-state index contributed by atoms with van der Waals surface area (Å²) >= 11 is 14.1. The molecule has 0 amide bonds. The van der Waals surface area contributed by atoms with E-state index in [0.717, 1.165) is 23.5 Å². The maximum absolute atomic E-state index is 10.1. The maximum atomic E-state index is 10.1. The summed E-state index contributed by atoms with van der Waals surface area (Å²) in [5.41, 5.74) is 1.50. The number of ether oxygens (including phenoxy) is 1. The van der Waals surface area contributed by atoms with Gasteiger partial charge in [0, 0.05) is 20.1 Å². The third kappa shape index (κ3) is 2.93. The highest BCUT2D eigenvalue weighted by Gasteiger charge is 2.22. The van der Waals surface area contributed by atoms with Crippen molar-refractivity contribution in [2.24, 2.45) is 0 Å². The van der Waals surface area contributed by atoms with Crippen molar-refractivity contribution in [3.8, 4) is 22.6 Å². The van der Waals surface area contributed by atoms with E-state index < -0.39 is 0 Å². The standard InChI is InChI=1S/C14H10Br4O2/c1-2-20-14-9(7-5-3-4-6-8(7)19)10(15)11(16)12(17)13(14)18/h3-6,19H,2H2,1H3. The fourth-order valence-corrected chi connectivity index (χ4v) is 4.23. The Morgan fingerprint density at radius 2 is 1.55 bits per heavy atom. The molecule has 0 spiro atoms. The van der Waals surface area contributed by atoms with Crippen LogP contribution in [0.3, 0.4) is 0 Å². The van der Waals surface area contributed by atoms with Gasteiger partial charge < -0.3 is 9.84 Å². The molecule has 2 nitrogen and oxygen atoms in total. The minimum atomic E-state index is 0.204. The van der Waals surface area contributed by atoms with Gasteiger partial charge in [0.05, 0.1) is 15.6 Å². The fraction of sp³-hybridized carbons (Fsp3) is 0.143. The Balaban J connectivity index is 2.84. The fourth-order valence-electron chi connectivity index (χ4n) is 1.82. The molecule has 0 aliphatic carbocycles. The van der Waals surface area contributed by atoms with Crippen LogP contribution in [0.25, 0.3) is 11.1 Å². The number of benzene rings is 2. The van der Waals surface area contributed by atoms with Gasteiger partial charge in [0.25, 0.3) is 0 Å². The third-order valence-electron chi connectivity index (χ3n) is 2.69. The summed E-state index contributed by atoms with van der Waals surface area (Å²) in [6.07, 6.45) is 0. The summed E-state index contributed by atoms with van der Waals surface area (Å²) in [4.78, 5) is 0. The van der Waals surface area contributed by atoms with Gasteiger partial charge in [0.15, 0.2) is 0 Å². The molecule has 0 unspecified atom stereocenters. The van der Waals surface area contributed by atoms with Crippen molar-refractivity contribution in [2.45, 2.75) is 6.92 Å². The molecular weight excluding hydrogens is 520 g/mol. The molecular formula is C14H10Br4O2. The first-order valence-corrected chi connectivity index (χ1v) is 8.93. The van der Waals surface area contributed by atoms with Crippen LogP contribution in [0.15, 0.2) is 42.2 Å². The van der Waals surface area contributed by atoms with E-state index >= 15 is 0 Å². The Bertz CT molecular complexity index is 656. The molecule has 2 aromatic carbocycles. The zero-order chi connectivity index (χ0) is 14.9. The zero-order valence-electron chi connectivity index (χ0n) is 10.4. The van der Waals surface area contributed by atoms with E-state index in [-0.39, 0.29) is 5.75 Å². The number of phenols is 1. The van der Waals surface area contributed by atoms with E-state index in [1.54, 1.807) is 12.1 Å². The maximum Gasteiger partial charge on any atom is 0.143 e. The van der Waals surface area contributed by atoms with Gasteiger partial charge in [-0.2, -0.15) is 0 Å². The van der Waals surface area contributed by atoms with Gasteiger partial charge in [-0.3, -0.25) is 0 Å². The average molecular weight is 530 g/mol. The number of aromatic hydroxyl groups is 1. The molecule has 0 atom stereocenters. The van der Waals surface area contributed by atoms with Crippen LogP contribution >= 0.6 is 63.7 Å². The van der Waals surface area contributed by atoms with Crippen LogP contribution in [-0.2, 0) is 0 Å². The summed E-state index contributed by atoms with van der Waals surface area (Å²) in [6.45, 7) is 2.45. The zero-order valence-corrected chi connectivity index (χ0v) is 16.7. The Labute approximate surface area is 151 Å². The second kappa shape index (κ2) is 6.81. The second-order valence-electron chi connectivity index (χ2n) is 3.91. The highest BCUT2D eigenvalue weighted by molar-refractivity contribution is 9.15. The molecule has 0 aliphatic rings. The van der Waals surface area contributed by atoms with Crippen LogP contribution in [-0.4, -0.2) is 11.7 Å². The van der Waals surface area contributed by atoms with E-state index in [1.165, 1.54) is 0 Å². The van der Waals surface area contributed by atoms with Gasteiger partial charge in [-0.25, -0.2) is 0 Å². The lowest BCUT2D eigenvalue weighted by molar-refractivity contribution is 0.339. The monoisotopic (exact) mass is 526 g/mol. The van der Waals surface area contributed by atoms with E-state index in [0.29, 0.717) is 17.9 Å². The van der Waals surface area contributed by atoms with Crippen molar-refractivity contribution in [2.75, 3.05) is 6.61 Å². The van der Waals surface area contributed by atoms with E-state index in [1.807, 2.05) is 19.1 Å². The number of para-hydroxylation sites is 1. The molecule has 0 saturated heterocycles. The van der Waals surface area contributed by atoms with Gasteiger partial charge in [0.1, 0.15) is 11.5 Å². The minimum Gasteiger partial charge on any atom is -0.507 e. The molecule has 2 rings (SSSR count). The van der Waals surface area contributed by atoms with Crippen molar-refractivity contribution in [1.82, 2.24) is 0 Å². The Morgan fingerprint density at radius 1 is 0.950 bits per heavy atom. The lowest BCUT2D eigenvalue weighted by atomic mass is 10.0. The predicted molar refractivity (Wildman–Crippen MR) is 95.5 cm³/mol. The molecule has 0 fully saturated rings. The first-order chi connectivity index (χ1) is 9.49. The molecule has 0 saturated carbocycles. The Morgan fingerprint density at radius 3 is 2.15 bits per heavy atom. The molecule has 6 heteroatoms. The van der Waals surface area contributed by atoms with Crippen LogP contribution in [0.1, 0.15) is 6.92 Å². The number of hydrogen-bond acceptors (Lipinski definition) is 2. The average Bonchev–Trinajstić information content (AvgIpc) is 2.44. The van der Waals surface area contributed by atoms with Crippen LogP contribution in [0.2, 0.25) is 0 Å². The number of rotatable bonds is 3. The Kier molecular flexibility index (Phi) is 5.56. The van der Waals surface area contributed by atoms with Crippen molar-refractivity contribution >= 4 is 63.7 Å². The van der Waals surface area contributed by atoms with Crippen molar-refractivity contribution in [3.63, 3.8) is 0 Å². The molecule has 106 valence electrons. The van der Waals surface area contributed by atoms with Crippen molar-refractivity contribution in [1.29, 1.82) is 0 Å². The topological polar surface area (TPSA) is 29.5 Å². The molecule has 1 N–H and O–H groups in total. The number of hydrogen-bond donors (Lipinski definition) is 1. The van der Waals surface area contributed by atoms with Gasteiger partial charge in [-0.15, -0.1) is 0 Å². The van der Waals surface area contributed by atoms with Gasteiger partial charge in [0.2, 0.25) is 0 Å². The number of phenolic OH excluding ortho intramolecular Hbond substituents is 1. The molecule has 0 heterocycles. The predicted octanol–water partition coefficient (Wildman–Crippen LogP) is 6.51. The van der Waals surface area contributed by atoms with Crippen molar-refractivity contribution < 1.29 is 9.84 Å². The normalized spacial score (nSPS) is 10.7. The number of halogens is 4. The highest BCUT2D eigenvalue weighted by Crippen LogP contribution is 2.51. The van der Waals surface area contributed by atoms with Crippen molar-refractivity contribution in [3.05, 3.63) is 42.2 Å². The van der Waals surface area contributed by atoms with Crippen LogP contribution in [0, 0.1) is 0 Å². The summed E-state index contributed by atoms with van der Waals surface area (Å²) in [6, 6.07) is 7.17. The summed E-state index contributed by atoms with van der Waals surface area (Å²) in [7, 11) is 0. The molecule has 20 heavy (non-hydrogen) atoms. The summed E-state index contributed by atoms with van der Waals surface area (Å²) in [5.74, 6) is 0.881. The highest BCUT2D eigenvalue weighted by atomic mass is 79.9. The molecule has 2 aromatic rings. The quantitative estimate of drug-likeness (QED) is 0.363. The largest absolute Gasteiger partial charge is 0.507 e. The summed E-state index contributed by atoms with van der Waals surface area (Å²) in [5, 5.41) is 10.1. The van der Waals surface area contributed by atoms with Gasteiger partial charge >= 0.3 is 0 Å². The van der Waals surface area contributed by atoms with E-state index in [9.17, 15) is 5.11 Å². The van der Waals surface area contributed by atoms with Crippen LogP contribution in [0.5, 0.6) is 11.5 Å².